The average molecular weight is 242 g/mol. The second kappa shape index (κ2) is 4.50. The maximum absolute atomic E-state index is 12.1. The molecule has 1 aromatic heterocycles. The number of nitrogens with zero attached hydrogens (tertiary/aromatic N) is 1. The highest BCUT2D eigenvalue weighted by atomic mass is 35.5. The standard InChI is InChI=1S/C12H16ClNO2/c1-8-3-5-14(7-10(8)13)12(15)11-9(2)4-6-16-11/h4,6,8,10H,3,5,7H2,1-2H3. The van der Waals surface area contributed by atoms with Crippen molar-refractivity contribution in [3.63, 3.8) is 0 Å². The lowest BCUT2D eigenvalue weighted by Crippen LogP contribution is -2.43. The van der Waals surface area contributed by atoms with Crippen LogP contribution < -0.4 is 0 Å². The molecule has 1 aliphatic rings. The van der Waals surface area contributed by atoms with Crippen molar-refractivity contribution >= 4 is 17.5 Å². The molecule has 2 rings (SSSR count). The summed E-state index contributed by atoms with van der Waals surface area (Å²) < 4.78 is 5.21. The van der Waals surface area contributed by atoms with Crippen LogP contribution in [-0.4, -0.2) is 29.3 Å². The lowest BCUT2D eigenvalue weighted by molar-refractivity contribution is 0.0668. The molecule has 1 saturated heterocycles. The zero-order valence-electron chi connectivity index (χ0n) is 9.57. The minimum absolute atomic E-state index is 0.0416. The molecule has 0 spiro atoms. The molecule has 2 atom stereocenters. The molecule has 0 aromatic carbocycles. The smallest absolute Gasteiger partial charge is 0.289 e. The highest BCUT2D eigenvalue weighted by Crippen LogP contribution is 2.23. The van der Waals surface area contributed by atoms with Crippen LogP contribution in [0.3, 0.4) is 0 Å². The van der Waals surface area contributed by atoms with E-state index in [0.29, 0.717) is 18.2 Å². The third kappa shape index (κ3) is 2.09. The first-order chi connectivity index (χ1) is 7.59. The zero-order chi connectivity index (χ0) is 11.7. The summed E-state index contributed by atoms with van der Waals surface area (Å²) in [5, 5.41) is 0.0490. The first kappa shape index (κ1) is 11.5. The Labute approximate surface area is 100 Å². The lowest BCUT2D eigenvalue weighted by atomic mass is 9.98. The maximum atomic E-state index is 12.1. The number of hydrogen-bond donors (Lipinski definition) is 0. The lowest BCUT2D eigenvalue weighted by Gasteiger charge is -2.33. The molecular formula is C12H16ClNO2. The first-order valence-corrected chi connectivity index (χ1v) is 6.00. The van der Waals surface area contributed by atoms with Gasteiger partial charge in [-0.15, -0.1) is 11.6 Å². The number of hydrogen-bond acceptors (Lipinski definition) is 2. The Morgan fingerprint density at radius 1 is 1.62 bits per heavy atom. The summed E-state index contributed by atoms with van der Waals surface area (Å²) in [6, 6.07) is 1.80. The Bertz CT molecular complexity index is 388. The summed E-state index contributed by atoms with van der Waals surface area (Å²) in [5.41, 5.74) is 0.884. The van der Waals surface area contributed by atoms with Crippen molar-refractivity contribution in [3.8, 4) is 0 Å². The predicted octanol–water partition coefficient (Wildman–Crippen LogP) is 2.68. The number of aryl methyl sites for hydroxylation is 1. The Balaban J connectivity index is 2.09. The van der Waals surface area contributed by atoms with Gasteiger partial charge in [0.2, 0.25) is 0 Å². The van der Waals surface area contributed by atoms with Crippen molar-refractivity contribution in [2.24, 2.45) is 5.92 Å². The summed E-state index contributed by atoms with van der Waals surface area (Å²) in [7, 11) is 0. The largest absolute Gasteiger partial charge is 0.459 e. The zero-order valence-corrected chi connectivity index (χ0v) is 10.3. The van der Waals surface area contributed by atoms with Crippen molar-refractivity contribution in [1.82, 2.24) is 4.90 Å². The van der Waals surface area contributed by atoms with Gasteiger partial charge in [0.15, 0.2) is 5.76 Å². The van der Waals surface area contributed by atoms with Gasteiger partial charge in [-0.3, -0.25) is 4.79 Å². The van der Waals surface area contributed by atoms with E-state index in [1.807, 2.05) is 6.92 Å². The van der Waals surface area contributed by atoms with Gasteiger partial charge in [-0.2, -0.15) is 0 Å². The van der Waals surface area contributed by atoms with Crippen molar-refractivity contribution in [1.29, 1.82) is 0 Å². The second-order valence-corrected chi connectivity index (χ2v) is 5.03. The summed E-state index contributed by atoms with van der Waals surface area (Å²) in [6.45, 7) is 5.38. The highest BCUT2D eigenvalue weighted by Gasteiger charge is 2.29. The number of amides is 1. The Kier molecular flexibility index (Phi) is 3.24. The summed E-state index contributed by atoms with van der Waals surface area (Å²) in [6.07, 6.45) is 2.51. The molecule has 0 radical (unpaired) electrons. The molecular weight excluding hydrogens is 226 g/mol. The van der Waals surface area contributed by atoms with E-state index in [9.17, 15) is 4.79 Å². The van der Waals surface area contributed by atoms with Crippen molar-refractivity contribution < 1.29 is 9.21 Å². The molecule has 1 aliphatic heterocycles. The molecule has 4 heteroatoms. The van der Waals surface area contributed by atoms with Crippen LogP contribution in [0.4, 0.5) is 0 Å². The number of likely N-dealkylation sites (tertiary alicyclic amines) is 1. The van der Waals surface area contributed by atoms with Gasteiger partial charge >= 0.3 is 0 Å². The van der Waals surface area contributed by atoms with E-state index in [1.54, 1.807) is 17.2 Å². The minimum Gasteiger partial charge on any atom is -0.459 e. The van der Waals surface area contributed by atoms with Gasteiger partial charge in [-0.1, -0.05) is 6.92 Å². The third-order valence-electron chi connectivity index (χ3n) is 3.21. The molecule has 3 nitrogen and oxygen atoms in total. The molecule has 2 unspecified atom stereocenters. The summed E-state index contributed by atoms with van der Waals surface area (Å²) in [5.74, 6) is 0.877. The van der Waals surface area contributed by atoms with Crippen LogP contribution >= 0.6 is 11.6 Å². The van der Waals surface area contributed by atoms with Gasteiger partial charge in [0.05, 0.1) is 11.6 Å². The normalized spacial score (nSPS) is 25.8. The van der Waals surface area contributed by atoms with Crippen LogP contribution in [-0.2, 0) is 0 Å². The van der Waals surface area contributed by atoms with Crippen LogP contribution in [0.5, 0.6) is 0 Å². The van der Waals surface area contributed by atoms with E-state index in [2.05, 4.69) is 6.92 Å². The van der Waals surface area contributed by atoms with E-state index >= 15 is 0 Å². The number of halogens is 1. The molecule has 0 bridgehead atoms. The fraction of sp³-hybridized carbons (Fsp3) is 0.583. The number of alkyl halides is 1. The van der Waals surface area contributed by atoms with Crippen LogP contribution in [0, 0.1) is 12.8 Å². The quantitative estimate of drug-likeness (QED) is 0.709. The maximum Gasteiger partial charge on any atom is 0.289 e. The van der Waals surface area contributed by atoms with Gasteiger partial charge in [-0.25, -0.2) is 0 Å². The Morgan fingerprint density at radius 2 is 2.38 bits per heavy atom. The highest BCUT2D eigenvalue weighted by molar-refractivity contribution is 6.21. The van der Waals surface area contributed by atoms with E-state index in [4.69, 9.17) is 16.0 Å². The molecule has 0 aliphatic carbocycles. The monoisotopic (exact) mass is 241 g/mol. The number of piperidine rings is 1. The molecule has 2 heterocycles. The van der Waals surface area contributed by atoms with Gasteiger partial charge in [-0.05, 0) is 25.3 Å². The van der Waals surface area contributed by atoms with E-state index in [0.717, 1.165) is 18.5 Å². The van der Waals surface area contributed by atoms with Gasteiger partial charge in [0.1, 0.15) is 0 Å². The number of carbonyl (C=O) groups is 1. The van der Waals surface area contributed by atoms with Crippen molar-refractivity contribution in [2.45, 2.75) is 25.6 Å². The molecule has 1 fully saturated rings. The molecule has 1 amide bonds. The van der Waals surface area contributed by atoms with Crippen molar-refractivity contribution in [3.05, 3.63) is 23.7 Å². The van der Waals surface area contributed by atoms with Crippen molar-refractivity contribution in [2.75, 3.05) is 13.1 Å². The Hall–Kier alpha value is -0.960. The van der Waals surface area contributed by atoms with Gasteiger partial charge in [0.25, 0.3) is 5.91 Å². The average Bonchev–Trinajstić information content (AvgIpc) is 2.67. The van der Waals surface area contributed by atoms with E-state index in [1.165, 1.54) is 0 Å². The first-order valence-electron chi connectivity index (χ1n) is 5.57. The number of furan rings is 1. The fourth-order valence-electron chi connectivity index (χ4n) is 1.94. The summed E-state index contributed by atoms with van der Waals surface area (Å²) in [4.78, 5) is 13.9. The van der Waals surface area contributed by atoms with E-state index < -0.39 is 0 Å². The van der Waals surface area contributed by atoms with Crippen LogP contribution in [0.1, 0.15) is 29.5 Å². The topological polar surface area (TPSA) is 33.5 Å². The van der Waals surface area contributed by atoms with Gasteiger partial charge in [0, 0.05) is 18.7 Å². The summed E-state index contributed by atoms with van der Waals surface area (Å²) >= 11 is 6.18. The number of rotatable bonds is 1. The van der Waals surface area contributed by atoms with E-state index in [-0.39, 0.29) is 11.3 Å². The molecule has 0 N–H and O–H groups in total. The molecule has 0 saturated carbocycles. The second-order valence-electron chi connectivity index (χ2n) is 4.47. The van der Waals surface area contributed by atoms with Gasteiger partial charge < -0.3 is 9.32 Å². The van der Waals surface area contributed by atoms with Crippen LogP contribution in [0.25, 0.3) is 0 Å². The molecule has 1 aromatic rings. The molecule has 88 valence electrons. The van der Waals surface area contributed by atoms with Crippen LogP contribution in [0.2, 0.25) is 0 Å². The fourth-order valence-corrected chi connectivity index (χ4v) is 2.23. The van der Waals surface area contributed by atoms with Crippen LogP contribution in [0.15, 0.2) is 16.7 Å². The Morgan fingerprint density at radius 3 is 2.94 bits per heavy atom. The molecule has 16 heavy (non-hydrogen) atoms. The SMILES string of the molecule is Cc1ccoc1C(=O)N1CCC(C)C(Cl)C1. The third-order valence-corrected chi connectivity index (χ3v) is 3.78. The minimum atomic E-state index is -0.0416. The number of carbonyl (C=O) groups excluding carboxylic acids is 1. The predicted molar refractivity (Wildman–Crippen MR) is 62.8 cm³/mol.